The molecule has 0 saturated heterocycles. The van der Waals surface area contributed by atoms with Crippen LogP contribution in [0.3, 0.4) is 0 Å². The minimum Gasteiger partial charge on any atom is -0.493 e. The van der Waals surface area contributed by atoms with E-state index >= 15 is 0 Å². The van der Waals surface area contributed by atoms with Gasteiger partial charge in [-0.05, 0) is 26.2 Å². The normalized spacial score (nSPS) is 21.0. The van der Waals surface area contributed by atoms with E-state index in [1.165, 1.54) is 0 Å². The van der Waals surface area contributed by atoms with Crippen molar-refractivity contribution in [1.82, 2.24) is 9.78 Å². The van der Waals surface area contributed by atoms with Gasteiger partial charge in [-0.1, -0.05) is 13.8 Å². The number of aromatic nitrogens is 2. The lowest BCUT2D eigenvalue weighted by molar-refractivity contribution is -0.0226. The summed E-state index contributed by atoms with van der Waals surface area (Å²) < 4.78 is 7.22. The number of hydrogen-bond acceptors (Lipinski definition) is 3. The summed E-state index contributed by atoms with van der Waals surface area (Å²) in [4.78, 5) is 0. The summed E-state index contributed by atoms with van der Waals surface area (Å²) >= 11 is 0. The predicted octanol–water partition coefficient (Wildman–Crippen LogP) is 2.31. The topological polar surface area (TPSA) is 47.3 Å². The molecule has 1 aliphatic rings. The summed E-state index contributed by atoms with van der Waals surface area (Å²) in [7, 11) is 1.63. The summed E-state index contributed by atoms with van der Waals surface area (Å²) in [5.74, 6) is 0.691. The maximum absolute atomic E-state index is 10.9. The molecule has 1 saturated carbocycles. The molecule has 96 valence electrons. The maximum atomic E-state index is 10.9. The molecule has 0 amide bonds. The molecule has 0 aliphatic heterocycles. The lowest BCUT2D eigenvalue weighted by Gasteiger charge is -2.31. The molecule has 1 N–H and O–H groups in total. The monoisotopic (exact) mass is 238 g/mol. The van der Waals surface area contributed by atoms with Crippen molar-refractivity contribution >= 4 is 0 Å². The molecule has 0 bridgehead atoms. The van der Waals surface area contributed by atoms with Crippen molar-refractivity contribution < 1.29 is 9.84 Å². The Bertz CT molecular complexity index is 406. The fourth-order valence-corrected chi connectivity index (χ4v) is 2.35. The van der Waals surface area contributed by atoms with Crippen molar-refractivity contribution in [2.75, 3.05) is 7.11 Å². The van der Waals surface area contributed by atoms with E-state index in [2.05, 4.69) is 18.9 Å². The number of aryl methyl sites for hydroxylation is 1. The number of nitrogens with zero attached hydrogens (tertiary/aromatic N) is 2. The first-order valence-corrected chi connectivity index (χ1v) is 6.29. The van der Waals surface area contributed by atoms with Crippen LogP contribution in [-0.4, -0.2) is 22.0 Å². The van der Waals surface area contributed by atoms with Gasteiger partial charge in [0.05, 0.1) is 13.3 Å². The van der Waals surface area contributed by atoms with E-state index in [0.29, 0.717) is 5.75 Å². The van der Waals surface area contributed by atoms with E-state index in [4.69, 9.17) is 4.74 Å². The van der Waals surface area contributed by atoms with Crippen molar-refractivity contribution in [3.05, 3.63) is 11.9 Å². The van der Waals surface area contributed by atoms with Gasteiger partial charge in [0.2, 0.25) is 0 Å². The van der Waals surface area contributed by atoms with Crippen LogP contribution in [0.25, 0.3) is 0 Å². The van der Waals surface area contributed by atoms with Gasteiger partial charge in [0.25, 0.3) is 0 Å². The SMILES string of the molecule is CCCn1ncc(OC)c1C(C)(O)C1(C)CC1. The van der Waals surface area contributed by atoms with Crippen LogP contribution in [0.5, 0.6) is 5.75 Å². The minimum atomic E-state index is -0.871. The van der Waals surface area contributed by atoms with Gasteiger partial charge in [0.15, 0.2) is 5.75 Å². The largest absolute Gasteiger partial charge is 0.493 e. The molecule has 1 heterocycles. The third-order valence-electron chi connectivity index (χ3n) is 4.10. The lowest BCUT2D eigenvalue weighted by Crippen LogP contribution is -2.34. The molecular formula is C13H22N2O2. The Morgan fingerprint density at radius 2 is 2.24 bits per heavy atom. The van der Waals surface area contributed by atoms with Crippen LogP contribution in [0.1, 0.15) is 45.7 Å². The summed E-state index contributed by atoms with van der Waals surface area (Å²) in [5.41, 5.74) is -0.0858. The molecule has 1 aromatic heterocycles. The van der Waals surface area contributed by atoms with Gasteiger partial charge in [-0.15, -0.1) is 0 Å². The van der Waals surface area contributed by atoms with Crippen LogP contribution in [-0.2, 0) is 12.1 Å². The highest BCUT2D eigenvalue weighted by Gasteiger charge is 2.55. The highest BCUT2D eigenvalue weighted by molar-refractivity contribution is 5.33. The number of methoxy groups -OCH3 is 1. The molecule has 0 aromatic carbocycles. The van der Waals surface area contributed by atoms with E-state index in [0.717, 1.165) is 31.5 Å². The molecule has 4 heteroatoms. The number of ether oxygens (including phenoxy) is 1. The highest BCUT2D eigenvalue weighted by atomic mass is 16.5. The molecule has 0 radical (unpaired) electrons. The summed E-state index contributed by atoms with van der Waals surface area (Å²) in [6, 6.07) is 0. The van der Waals surface area contributed by atoms with Crippen LogP contribution in [0.4, 0.5) is 0 Å². The first kappa shape index (κ1) is 12.4. The molecule has 1 unspecified atom stereocenters. The highest BCUT2D eigenvalue weighted by Crippen LogP contribution is 2.58. The second-order valence-corrected chi connectivity index (χ2v) is 5.42. The Kier molecular flexibility index (Phi) is 2.94. The minimum absolute atomic E-state index is 0.0359. The van der Waals surface area contributed by atoms with Crippen molar-refractivity contribution in [3.8, 4) is 5.75 Å². The average Bonchev–Trinajstić information content (AvgIpc) is 2.91. The third kappa shape index (κ3) is 1.84. The van der Waals surface area contributed by atoms with Gasteiger partial charge in [0, 0.05) is 12.0 Å². The van der Waals surface area contributed by atoms with Crippen molar-refractivity contribution in [2.24, 2.45) is 5.41 Å². The van der Waals surface area contributed by atoms with Crippen LogP contribution >= 0.6 is 0 Å². The number of hydrogen-bond donors (Lipinski definition) is 1. The molecule has 1 aromatic rings. The fraction of sp³-hybridized carbons (Fsp3) is 0.769. The average molecular weight is 238 g/mol. The fourth-order valence-electron chi connectivity index (χ4n) is 2.35. The first-order chi connectivity index (χ1) is 7.96. The Morgan fingerprint density at radius 3 is 2.71 bits per heavy atom. The van der Waals surface area contributed by atoms with Gasteiger partial charge in [-0.2, -0.15) is 5.10 Å². The zero-order valence-corrected chi connectivity index (χ0v) is 11.2. The van der Waals surface area contributed by atoms with Crippen LogP contribution in [0, 0.1) is 5.41 Å². The maximum Gasteiger partial charge on any atom is 0.162 e. The van der Waals surface area contributed by atoms with Crippen molar-refractivity contribution in [1.29, 1.82) is 0 Å². The van der Waals surface area contributed by atoms with Crippen LogP contribution in [0.2, 0.25) is 0 Å². The van der Waals surface area contributed by atoms with Crippen LogP contribution in [0.15, 0.2) is 6.20 Å². The predicted molar refractivity (Wildman–Crippen MR) is 66.0 cm³/mol. The Balaban J connectivity index is 2.44. The zero-order valence-electron chi connectivity index (χ0n) is 11.2. The van der Waals surface area contributed by atoms with Gasteiger partial charge in [-0.25, -0.2) is 0 Å². The molecule has 1 fully saturated rings. The second kappa shape index (κ2) is 4.02. The van der Waals surface area contributed by atoms with Crippen molar-refractivity contribution in [2.45, 2.75) is 52.2 Å². The lowest BCUT2D eigenvalue weighted by atomic mass is 9.84. The Hall–Kier alpha value is -1.03. The number of rotatable bonds is 5. The van der Waals surface area contributed by atoms with E-state index in [1.807, 2.05) is 11.6 Å². The summed E-state index contributed by atoms with van der Waals surface area (Å²) in [6.07, 6.45) is 4.80. The Morgan fingerprint density at radius 1 is 1.59 bits per heavy atom. The number of aliphatic hydroxyl groups is 1. The molecule has 4 nitrogen and oxygen atoms in total. The van der Waals surface area contributed by atoms with Gasteiger partial charge in [0.1, 0.15) is 11.3 Å². The van der Waals surface area contributed by atoms with E-state index in [-0.39, 0.29) is 5.41 Å². The summed E-state index contributed by atoms with van der Waals surface area (Å²) in [5, 5.41) is 15.2. The molecule has 2 rings (SSSR count). The smallest absolute Gasteiger partial charge is 0.162 e. The van der Waals surface area contributed by atoms with E-state index in [9.17, 15) is 5.11 Å². The third-order valence-corrected chi connectivity index (χ3v) is 4.10. The molecular weight excluding hydrogens is 216 g/mol. The molecule has 0 spiro atoms. The molecule has 1 atom stereocenters. The summed E-state index contributed by atoms with van der Waals surface area (Å²) in [6.45, 7) is 6.91. The Labute approximate surface area is 103 Å². The van der Waals surface area contributed by atoms with E-state index in [1.54, 1.807) is 13.3 Å². The molecule has 17 heavy (non-hydrogen) atoms. The van der Waals surface area contributed by atoms with Gasteiger partial charge >= 0.3 is 0 Å². The van der Waals surface area contributed by atoms with E-state index < -0.39 is 5.60 Å². The van der Waals surface area contributed by atoms with Crippen LogP contribution < -0.4 is 4.74 Å². The van der Waals surface area contributed by atoms with Gasteiger partial charge < -0.3 is 9.84 Å². The van der Waals surface area contributed by atoms with Crippen molar-refractivity contribution in [3.63, 3.8) is 0 Å². The molecule has 1 aliphatic carbocycles. The van der Waals surface area contributed by atoms with Gasteiger partial charge in [-0.3, -0.25) is 4.68 Å². The first-order valence-electron chi connectivity index (χ1n) is 6.29. The standard InChI is InChI=1S/C13H22N2O2/c1-5-8-15-11(10(17-4)9-14-15)13(3,16)12(2)6-7-12/h9,16H,5-8H2,1-4H3. The zero-order chi connectivity index (χ0) is 12.7. The second-order valence-electron chi connectivity index (χ2n) is 5.42. The quantitative estimate of drug-likeness (QED) is 0.856.